The maximum atomic E-state index is 12.5. The van der Waals surface area contributed by atoms with Gasteiger partial charge in [-0.15, -0.1) is 0 Å². The predicted octanol–water partition coefficient (Wildman–Crippen LogP) is 4.24. The third kappa shape index (κ3) is 4.84. The van der Waals surface area contributed by atoms with E-state index in [9.17, 15) is 18.0 Å². The molecule has 0 atom stereocenters. The summed E-state index contributed by atoms with van der Waals surface area (Å²) in [5.41, 5.74) is 1.82. The van der Waals surface area contributed by atoms with Crippen molar-refractivity contribution >= 4 is 5.91 Å². The molecule has 0 aliphatic heterocycles. The molecule has 1 amide bonds. The number of rotatable bonds is 5. The monoisotopic (exact) mass is 321 g/mol. The van der Waals surface area contributed by atoms with Crippen molar-refractivity contribution in [1.82, 2.24) is 5.32 Å². The molecule has 2 aromatic carbocycles. The van der Waals surface area contributed by atoms with Gasteiger partial charge in [0.2, 0.25) is 0 Å². The van der Waals surface area contributed by atoms with Crippen LogP contribution in [-0.2, 0) is 19.0 Å². The number of carbonyl (C=O) groups excluding carboxylic acids is 1. The van der Waals surface area contributed by atoms with Crippen molar-refractivity contribution in [3.63, 3.8) is 0 Å². The van der Waals surface area contributed by atoms with Crippen molar-refractivity contribution in [3.8, 4) is 0 Å². The molecule has 122 valence electrons. The van der Waals surface area contributed by atoms with Crippen LogP contribution in [0.4, 0.5) is 13.2 Å². The van der Waals surface area contributed by atoms with Crippen LogP contribution in [0.2, 0.25) is 0 Å². The highest BCUT2D eigenvalue weighted by Gasteiger charge is 2.29. The molecule has 0 aromatic heterocycles. The van der Waals surface area contributed by atoms with Gasteiger partial charge in [-0.2, -0.15) is 13.2 Å². The molecule has 0 bridgehead atoms. The van der Waals surface area contributed by atoms with E-state index < -0.39 is 11.7 Å². The van der Waals surface area contributed by atoms with Crippen LogP contribution in [-0.4, -0.2) is 12.5 Å². The lowest BCUT2D eigenvalue weighted by Gasteiger charge is -2.08. The van der Waals surface area contributed by atoms with Crippen molar-refractivity contribution in [2.75, 3.05) is 6.54 Å². The van der Waals surface area contributed by atoms with Gasteiger partial charge in [-0.25, -0.2) is 0 Å². The Bertz CT molecular complexity index is 645. The van der Waals surface area contributed by atoms with Gasteiger partial charge in [0, 0.05) is 12.1 Å². The summed E-state index contributed by atoms with van der Waals surface area (Å²) >= 11 is 0. The van der Waals surface area contributed by atoms with E-state index in [0.29, 0.717) is 18.5 Å². The Kier molecular flexibility index (Phi) is 5.42. The van der Waals surface area contributed by atoms with Crippen molar-refractivity contribution in [2.45, 2.75) is 25.9 Å². The number of carbonyl (C=O) groups is 1. The molecule has 5 heteroatoms. The lowest BCUT2D eigenvalue weighted by Crippen LogP contribution is -2.25. The number of benzene rings is 2. The van der Waals surface area contributed by atoms with Crippen molar-refractivity contribution in [1.29, 1.82) is 0 Å². The SMILES string of the molecule is CCc1ccc(C(=O)NCCc2ccc(C(F)(F)F)cc2)cc1. The number of aryl methyl sites for hydroxylation is 1. The zero-order valence-electron chi connectivity index (χ0n) is 12.8. The van der Waals surface area contributed by atoms with E-state index in [-0.39, 0.29) is 5.91 Å². The molecule has 0 unspecified atom stereocenters. The first kappa shape index (κ1) is 17.1. The summed E-state index contributed by atoms with van der Waals surface area (Å²) in [5, 5.41) is 2.77. The van der Waals surface area contributed by atoms with Crippen LogP contribution in [0, 0.1) is 0 Å². The van der Waals surface area contributed by atoms with E-state index >= 15 is 0 Å². The van der Waals surface area contributed by atoms with Crippen molar-refractivity contribution in [3.05, 3.63) is 70.8 Å². The summed E-state index contributed by atoms with van der Waals surface area (Å²) < 4.78 is 37.4. The molecule has 2 aromatic rings. The van der Waals surface area contributed by atoms with Gasteiger partial charge < -0.3 is 5.32 Å². The molecule has 0 saturated heterocycles. The van der Waals surface area contributed by atoms with E-state index in [1.807, 2.05) is 19.1 Å². The first-order valence-electron chi connectivity index (χ1n) is 7.43. The number of nitrogens with one attached hydrogen (secondary N) is 1. The molecule has 0 radical (unpaired) electrons. The standard InChI is InChI=1S/C18H18F3NO/c1-2-13-3-7-15(8-4-13)17(23)22-12-11-14-5-9-16(10-6-14)18(19,20)21/h3-10H,2,11-12H2,1H3,(H,22,23). The molecule has 0 fully saturated rings. The van der Waals surface area contributed by atoms with Crippen LogP contribution >= 0.6 is 0 Å². The Morgan fingerprint density at radius 2 is 1.52 bits per heavy atom. The highest BCUT2D eigenvalue weighted by atomic mass is 19.4. The van der Waals surface area contributed by atoms with Gasteiger partial charge in [-0.1, -0.05) is 31.2 Å². The summed E-state index contributed by atoms with van der Waals surface area (Å²) in [7, 11) is 0. The van der Waals surface area contributed by atoms with E-state index in [1.165, 1.54) is 12.1 Å². The minimum absolute atomic E-state index is 0.181. The Hall–Kier alpha value is -2.30. The van der Waals surface area contributed by atoms with E-state index in [4.69, 9.17) is 0 Å². The largest absolute Gasteiger partial charge is 0.416 e. The smallest absolute Gasteiger partial charge is 0.352 e. The average molecular weight is 321 g/mol. The maximum absolute atomic E-state index is 12.5. The van der Waals surface area contributed by atoms with Gasteiger partial charge >= 0.3 is 6.18 Å². The second kappa shape index (κ2) is 7.31. The van der Waals surface area contributed by atoms with Gasteiger partial charge in [0.25, 0.3) is 5.91 Å². The number of hydrogen-bond acceptors (Lipinski definition) is 1. The van der Waals surface area contributed by atoms with Crippen molar-refractivity contribution < 1.29 is 18.0 Å². The number of hydrogen-bond donors (Lipinski definition) is 1. The lowest BCUT2D eigenvalue weighted by atomic mass is 10.1. The number of halogens is 3. The van der Waals surface area contributed by atoms with Crippen LogP contribution in [0.1, 0.15) is 34.0 Å². The molecule has 0 saturated carbocycles. The topological polar surface area (TPSA) is 29.1 Å². The molecule has 0 spiro atoms. The fraction of sp³-hybridized carbons (Fsp3) is 0.278. The average Bonchev–Trinajstić information content (AvgIpc) is 2.54. The van der Waals surface area contributed by atoms with E-state index in [1.54, 1.807) is 12.1 Å². The van der Waals surface area contributed by atoms with Gasteiger partial charge in [-0.3, -0.25) is 4.79 Å². The fourth-order valence-electron chi connectivity index (χ4n) is 2.17. The Morgan fingerprint density at radius 1 is 0.957 bits per heavy atom. The molecule has 1 N–H and O–H groups in total. The van der Waals surface area contributed by atoms with Gasteiger partial charge in [0.15, 0.2) is 0 Å². The molecular formula is C18H18F3NO. The first-order valence-corrected chi connectivity index (χ1v) is 7.43. The minimum Gasteiger partial charge on any atom is -0.352 e. The molecule has 0 aliphatic rings. The van der Waals surface area contributed by atoms with Gasteiger partial charge in [-0.05, 0) is 48.2 Å². The lowest BCUT2D eigenvalue weighted by molar-refractivity contribution is -0.137. The third-order valence-corrected chi connectivity index (χ3v) is 3.60. The summed E-state index contributed by atoms with van der Waals surface area (Å²) in [6, 6.07) is 12.3. The van der Waals surface area contributed by atoms with Gasteiger partial charge in [0.1, 0.15) is 0 Å². The zero-order chi connectivity index (χ0) is 16.9. The number of alkyl halides is 3. The second-order valence-corrected chi connectivity index (χ2v) is 5.25. The molecule has 2 nitrogen and oxygen atoms in total. The third-order valence-electron chi connectivity index (χ3n) is 3.60. The summed E-state index contributed by atoms with van der Waals surface area (Å²) in [6.07, 6.45) is -2.93. The van der Waals surface area contributed by atoms with Gasteiger partial charge in [0.05, 0.1) is 5.56 Å². The first-order chi connectivity index (χ1) is 10.9. The van der Waals surface area contributed by atoms with Crippen LogP contribution in [0.5, 0.6) is 0 Å². The second-order valence-electron chi connectivity index (χ2n) is 5.25. The van der Waals surface area contributed by atoms with E-state index in [2.05, 4.69) is 5.32 Å². The molecule has 2 rings (SSSR count). The summed E-state index contributed by atoms with van der Waals surface area (Å²) in [6.45, 7) is 2.42. The minimum atomic E-state index is -4.32. The number of amides is 1. The quantitative estimate of drug-likeness (QED) is 0.877. The van der Waals surface area contributed by atoms with Crippen LogP contribution in [0.25, 0.3) is 0 Å². The summed E-state index contributed by atoms with van der Waals surface area (Å²) in [4.78, 5) is 12.0. The maximum Gasteiger partial charge on any atom is 0.416 e. The predicted molar refractivity (Wildman–Crippen MR) is 83.3 cm³/mol. The normalized spacial score (nSPS) is 11.3. The summed E-state index contributed by atoms with van der Waals surface area (Å²) in [5.74, 6) is -0.181. The Balaban J connectivity index is 1.85. The van der Waals surface area contributed by atoms with Crippen LogP contribution in [0.15, 0.2) is 48.5 Å². The van der Waals surface area contributed by atoms with Crippen molar-refractivity contribution in [2.24, 2.45) is 0 Å². The highest BCUT2D eigenvalue weighted by Crippen LogP contribution is 2.29. The zero-order valence-corrected chi connectivity index (χ0v) is 12.8. The molecule has 0 aliphatic carbocycles. The van der Waals surface area contributed by atoms with Crippen LogP contribution < -0.4 is 5.32 Å². The molecule has 0 heterocycles. The fourth-order valence-corrected chi connectivity index (χ4v) is 2.17. The van der Waals surface area contributed by atoms with E-state index in [0.717, 1.165) is 29.7 Å². The highest BCUT2D eigenvalue weighted by molar-refractivity contribution is 5.94. The molecule has 23 heavy (non-hydrogen) atoms. The molecular weight excluding hydrogens is 303 g/mol. The Labute approximate surface area is 133 Å². The van der Waals surface area contributed by atoms with Crippen LogP contribution in [0.3, 0.4) is 0 Å². The Morgan fingerprint density at radius 3 is 2.04 bits per heavy atom.